The van der Waals surface area contributed by atoms with Crippen LogP contribution in [0.5, 0.6) is 11.5 Å². The molecule has 0 radical (unpaired) electrons. The monoisotopic (exact) mass is 229 g/mol. The number of aliphatic carboxylic acids is 1. The van der Waals surface area contributed by atoms with E-state index < -0.39 is 12.0 Å². The van der Waals surface area contributed by atoms with Crippen LogP contribution in [0.3, 0.4) is 0 Å². The van der Waals surface area contributed by atoms with Gasteiger partial charge in [0.25, 0.3) is 0 Å². The summed E-state index contributed by atoms with van der Waals surface area (Å²) in [5, 5.41) is 28.9. The maximum absolute atomic E-state index is 10.4. The number of quaternary nitrogens is 1. The van der Waals surface area contributed by atoms with E-state index in [4.69, 9.17) is 5.11 Å². The van der Waals surface area contributed by atoms with Crippen molar-refractivity contribution in [2.45, 2.75) is 10.9 Å². The molecule has 1 rings (SSSR count). The quantitative estimate of drug-likeness (QED) is 0.432. The van der Waals surface area contributed by atoms with Crippen LogP contribution in [0.4, 0.5) is 0 Å². The highest BCUT2D eigenvalue weighted by Gasteiger charge is 2.10. The van der Waals surface area contributed by atoms with Crippen LogP contribution in [0.2, 0.25) is 0 Å². The number of carboxylic acid groups (broad SMARTS) is 1. The number of phenolic OH excluding ortho intramolecular Hbond substituents is 2. The zero-order chi connectivity index (χ0) is 11.4. The van der Waals surface area contributed by atoms with E-state index in [-0.39, 0.29) is 17.3 Å². The Labute approximate surface area is 90.5 Å². The van der Waals surface area contributed by atoms with Crippen molar-refractivity contribution in [3.8, 4) is 11.5 Å². The second kappa shape index (κ2) is 4.90. The van der Waals surface area contributed by atoms with Gasteiger partial charge in [-0.2, -0.15) is 0 Å². The topological polar surface area (TPSA) is 108 Å². The lowest BCUT2D eigenvalue weighted by molar-refractivity contribution is -0.431. The first-order valence-corrected chi connectivity index (χ1v) is 5.18. The molecule has 0 aliphatic carbocycles. The zero-order valence-electron chi connectivity index (χ0n) is 7.84. The zero-order valence-corrected chi connectivity index (χ0v) is 8.66. The molecule has 0 aliphatic heterocycles. The molecule has 0 spiro atoms. The molecule has 0 saturated heterocycles. The lowest BCUT2D eigenvalue weighted by Gasteiger charge is -2.09. The molecule has 0 aliphatic rings. The summed E-state index contributed by atoms with van der Waals surface area (Å²) in [4.78, 5) is 10.8. The van der Waals surface area contributed by atoms with Gasteiger partial charge in [0.05, 0.1) is 16.6 Å². The van der Waals surface area contributed by atoms with Crippen molar-refractivity contribution in [2.75, 3.05) is 5.75 Å². The van der Waals surface area contributed by atoms with E-state index >= 15 is 0 Å². The maximum atomic E-state index is 10.4. The van der Waals surface area contributed by atoms with Crippen molar-refractivity contribution in [2.24, 2.45) is 0 Å². The van der Waals surface area contributed by atoms with Gasteiger partial charge in [-0.05, 0) is 18.2 Å². The predicted molar refractivity (Wildman–Crippen MR) is 52.2 cm³/mol. The minimum absolute atomic E-state index is 0.00310. The third-order valence-corrected chi connectivity index (χ3v) is 2.92. The molecule has 1 atom stereocenters. The van der Waals surface area contributed by atoms with Crippen LogP contribution < -0.4 is 10.8 Å². The number of rotatable bonds is 4. The van der Waals surface area contributed by atoms with Crippen LogP contribution in [-0.4, -0.2) is 28.0 Å². The summed E-state index contributed by atoms with van der Waals surface area (Å²) in [6, 6.07) is 3.20. The molecule has 1 aromatic rings. The number of carbonyl (C=O) groups excluding carboxylic acids is 1. The van der Waals surface area contributed by atoms with Gasteiger partial charge in [0.1, 0.15) is 17.5 Å². The molecule has 5 N–H and O–H groups in total. The number of carbonyl (C=O) groups is 1. The standard InChI is InChI=1S/C9H11NO4S/c10-6(9(13)14)4-15-8-3-5(11)1-2-7(8)12/h1-3,6,11-12H,4,10H2,(H,13,14). The van der Waals surface area contributed by atoms with Gasteiger partial charge in [-0.25, -0.2) is 0 Å². The molecule has 0 aromatic heterocycles. The van der Waals surface area contributed by atoms with Crippen LogP contribution in [0, 0.1) is 0 Å². The highest BCUT2D eigenvalue weighted by Crippen LogP contribution is 2.31. The third-order valence-electron chi connectivity index (χ3n) is 1.72. The van der Waals surface area contributed by atoms with E-state index in [1.165, 1.54) is 18.2 Å². The Hall–Kier alpha value is -1.40. The molecule has 1 unspecified atom stereocenters. The Morgan fingerprint density at radius 2 is 2.20 bits per heavy atom. The molecule has 0 heterocycles. The Balaban J connectivity index is 2.65. The number of aromatic hydroxyl groups is 2. The SMILES string of the molecule is [NH3+]C(CSc1cc(O)ccc1O)C(=O)[O-]. The lowest BCUT2D eigenvalue weighted by atomic mass is 10.3. The van der Waals surface area contributed by atoms with Crippen LogP contribution in [0.25, 0.3) is 0 Å². The molecule has 6 heteroatoms. The Morgan fingerprint density at radius 3 is 2.80 bits per heavy atom. The van der Waals surface area contributed by atoms with Gasteiger partial charge in [-0.3, -0.25) is 0 Å². The fourth-order valence-corrected chi connectivity index (χ4v) is 1.81. The lowest BCUT2D eigenvalue weighted by Crippen LogP contribution is -2.69. The van der Waals surface area contributed by atoms with Crippen LogP contribution >= 0.6 is 11.8 Å². The van der Waals surface area contributed by atoms with Crippen molar-refractivity contribution < 1.29 is 25.8 Å². The van der Waals surface area contributed by atoms with Crippen LogP contribution in [0.15, 0.2) is 23.1 Å². The van der Waals surface area contributed by atoms with Crippen LogP contribution in [0.1, 0.15) is 0 Å². The first-order chi connectivity index (χ1) is 7.00. The maximum Gasteiger partial charge on any atom is 0.134 e. The Morgan fingerprint density at radius 1 is 1.53 bits per heavy atom. The normalized spacial score (nSPS) is 12.3. The number of carboxylic acids is 1. The summed E-state index contributed by atoms with van der Waals surface area (Å²) < 4.78 is 0. The number of thioether (sulfide) groups is 1. The molecule has 15 heavy (non-hydrogen) atoms. The molecule has 0 amide bonds. The van der Waals surface area contributed by atoms with Gasteiger partial charge in [0, 0.05) is 0 Å². The van der Waals surface area contributed by atoms with Gasteiger partial charge in [-0.15, -0.1) is 11.8 Å². The van der Waals surface area contributed by atoms with Crippen molar-refractivity contribution in [1.82, 2.24) is 0 Å². The van der Waals surface area contributed by atoms with E-state index in [0.717, 1.165) is 11.8 Å². The average Bonchev–Trinajstić information content (AvgIpc) is 2.18. The third kappa shape index (κ3) is 3.34. The van der Waals surface area contributed by atoms with Gasteiger partial charge in [0.2, 0.25) is 0 Å². The summed E-state index contributed by atoms with van der Waals surface area (Å²) in [6.07, 6.45) is 0. The van der Waals surface area contributed by atoms with Gasteiger partial charge in [0.15, 0.2) is 0 Å². The van der Waals surface area contributed by atoms with Crippen molar-refractivity contribution in [3.63, 3.8) is 0 Å². The highest BCUT2D eigenvalue weighted by molar-refractivity contribution is 7.99. The van der Waals surface area contributed by atoms with E-state index in [0.29, 0.717) is 4.90 Å². The summed E-state index contributed by atoms with van der Waals surface area (Å²) in [7, 11) is 0. The molecule has 0 saturated carbocycles. The summed E-state index contributed by atoms with van der Waals surface area (Å²) in [6.45, 7) is 0. The van der Waals surface area contributed by atoms with E-state index in [1.807, 2.05) is 0 Å². The Kier molecular flexibility index (Phi) is 3.81. The number of hydrogen-bond donors (Lipinski definition) is 3. The average molecular weight is 229 g/mol. The fourth-order valence-electron chi connectivity index (χ4n) is 0.877. The first kappa shape index (κ1) is 11.7. The molecule has 82 valence electrons. The van der Waals surface area contributed by atoms with E-state index in [2.05, 4.69) is 5.73 Å². The molecule has 0 bridgehead atoms. The van der Waals surface area contributed by atoms with Crippen molar-refractivity contribution in [3.05, 3.63) is 18.2 Å². The molecule has 1 aromatic carbocycles. The molecular weight excluding hydrogens is 218 g/mol. The van der Waals surface area contributed by atoms with Gasteiger partial charge >= 0.3 is 0 Å². The largest absolute Gasteiger partial charge is 0.544 e. The second-order valence-electron chi connectivity index (χ2n) is 2.98. The first-order valence-electron chi connectivity index (χ1n) is 4.19. The number of hydrogen-bond acceptors (Lipinski definition) is 5. The highest BCUT2D eigenvalue weighted by atomic mass is 32.2. The van der Waals surface area contributed by atoms with Gasteiger partial charge in [-0.1, -0.05) is 0 Å². The second-order valence-corrected chi connectivity index (χ2v) is 4.04. The fraction of sp³-hybridized carbons (Fsp3) is 0.222. The summed E-state index contributed by atoms with van der Waals surface area (Å²) in [5.41, 5.74) is 3.38. The molecule has 0 fully saturated rings. The number of phenols is 2. The minimum Gasteiger partial charge on any atom is -0.544 e. The molecular formula is C9H11NO4S. The van der Waals surface area contributed by atoms with E-state index in [1.54, 1.807) is 0 Å². The van der Waals surface area contributed by atoms with Crippen molar-refractivity contribution >= 4 is 17.7 Å². The number of benzene rings is 1. The smallest absolute Gasteiger partial charge is 0.134 e. The Bertz CT molecular complexity index is 369. The van der Waals surface area contributed by atoms with Crippen LogP contribution in [-0.2, 0) is 4.79 Å². The predicted octanol–water partition coefficient (Wildman–Crippen LogP) is -1.45. The van der Waals surface area contributed by atoms with Gasteiger partial charge < -0.3 is 25.8 Å². The summed E-state index contributed by atoms with van der Waals surface area (Å²) >= 11 is 1.10. The summed E-state index contributed by atoms with van der Waals surface area (Å²) in [5.74, 6) is -1.03. The van der Waals surface area contributed by atoms with Crippen molar-refractivity contribution in [1.29, 1.82) is 0 Å². The van der Waals surface area contributed by atoms with E-state index in [9.17, 15) is 15.0 Å². The minimum atomic E-state index is -1.23. The molecule has 5 nitrogen and oxygen atoms in total.